The number of carbonyl (C=O) groups is 3. The second kappa shape index (κ2) is 53.3. The monoisotopic (exact) mass is 999 g/mol. The number of hydrogen-bond acceptors (Lipinski definition) is 7. The second-order valence-corrected chi connectivity index (χ2v) is 20.9. The maximum absolute atomic E-state index is 12.8. The minimum absolute atomic E-state index is 0.181. The lowest BCUT2D eigenvalue weighted by atomic mass is 10.0. The molecule has 9 nitrogen and oxygen atoms in total. The van der Waals surface area contributed by atoms with E-state index in [1.807, 2.05) is 21.1 Å². The number of rotatable bonds is 54. The summed E-state index contributed by atoms with van der Waals surface area (Å²) in [7, 11) is 5.96. The van der Waals surface area contributed by atoms with Crippen molar-refractivity contribution in [3.63, 3.8) is 0 Å². The van der Waals surface area contributed by atoms with Crippen molar-refractivity contribution in [1.82, 2.24) is 0 Å². The summed E-state index contributed by atoms with van der Waals surface area (Å²) in [5, 5.41) is 9.69. The summed E-state index contributed by atoms with van der Waals surface area (Å²) >= 11 is 0. The number of esters is 2. The zero-order valence-corrected chi connectivity index (χ0v) is 46.9. The van der Waals surface area contributed by atoms with Crippen molar-refractivity contribution in [3.8, 4) is 0 Å². The summed E-state index contributed by atoms with van der Waals surface area (Å²) in [6, 6.07) is 0. The molecule has 0 aliphatic carbocycles. The molecule has 0 bridgehead atoms. The van der Waals surface area contributed by atoms with Gasteiger partial charge in [-0.3, -0.25) is 9.59 Å². The first-order valence-corrected chi connectivity index (χ1v) is 29.5. The number of carboxylic acid groups (broad SMARTS) is 1. The van der Waals surface area contributed by atoms with Crippen LogP contribution in [0.5, 0.6) is 0 Å². The van der Waals surface area contributed by atoms with Gasteiger partial charge in [-0.05, 0) is 77.0 Å². The van der Waals surface area contributed by atoms with Crippen molar-refractivity contribution in [2.24, 2.45) is 0 Å². The summed E-state index contributed by atoms with van der Waals surface area (Å²) in [4.78, 5) is 37.4. The Kier molecular flexibility index (Phi) is 51.0. The molecule has 0 fully saturated rings. The molecule has 412 valence electrons. The van der Waals surface area contributed by atoms with Gasteiger partial charge in [0, 0.05) is 12.8 Å². The fourth-order valence-corrected chi connectivity index (χ4v) is 8.24. The van der Waals surface area contributed by atoms with Gasteiger partial charge >= 0.3 is 17.9 Å². The Morgan fingerprint density at radius 3 is 1.21 bits per heavy atom. The highest BCUT2D eigenvalue weighted by atomic mass is 16.7. The minimum atomic E-state index is -1.52. The number of nitrogens with zero attached hydrogens (tertiary/aromatic N) is 1. The van der Waals surface area contributed by atoms with Crippen molar-refractivity contribution >= 4 is 17.9 Å². The van der Waals surface area contributed by atoms with Gasteiger partial charge in [-0.2, -0.15) is 0 Å². The third kappa shape index (κ3) is 54.6. The van der Waals surface area contributed by atoms with Gasteiger partial charge in [0.2, 0.25) is 0 Å². The second-order valence-electron chi connectivity index (χ2n) is 20.9. The summed E-state index contributed by atoms with van der Waals surface area (Å²) in [6.45, 7) is 4.75. The predicted octanol–water partition coefficient (Wildman–Crippen LogP) is 17.2. The molecule has 71 heavy (non-hydrogen) atoms. The molecule has 0 aromatic heterocycles. The summed E-state index contributed by atoms with van der Waals surface area (Å²) in [6.07, 6.45) is 64.6. The fourth-order valence-electron chi connectivity index (χ4n) is 8.24. The summed E-state index contributed by atoms with van der Waals surface area (Å²) in [5.74, 6) is -2.03. The predicted molar refractivity (Wildman–Crippen MR) is 300 cm³/mol. The van der Waals surface area contributed by atoms with Crippen LogP contribution in [0.4, 0.5) is 0 Å². The highest BCUT2D eigenvalue weighted by Crippen LogP contribution is 2.16. The molecular formula is C62H112NO8+. The van der Waals surface area contributed by atoms with E-state index in [9.17, 15) is 19.5 Å². The molecule has 0 aliphatic rings. The van der Waals surface area contributed by atoms with E-state index in [4.69, 9.17) is 18.9 Å². The zero-order valence-electron chi connectivity index (χ0n) is 46.9. The van der Waals surface area contributed by atoms with Crippen molar-refractivity contribution in [1.29, 1.82) is 0 Å². The number of unbranched alkanes of at least 4 members (excludes halogenated alkanes) is 29. The van der Waals surface area contributed by atoms with Crippen LogP contribution in [0.1, 0.15) is 258 Å². The van der Waals surface area contributed by atoms with Gasteiger partial charge in [-0.1, -0.05) is 229 Å². The maximum Gasteiger partial charge on any atom is 0.361 e. The third-order valence-electron chi connectivity index (χ3n) is 12.8. The van der Waals surface area contributed by atoms with Crippen molar-refractivity contribution in [2.75, 3.05) is 47.5 Å². The van der Waals surface area contributed by atoms with Gasteiger partial charge in [0.05, 0.1) is 34.4 Å². The first-order chi connectivity index (χ1) is 34.6. The quantitative estimate of drug-likeness (QED) is 0.0211. The SMILES string of the molecule is CC/C=C\C/C=C\C/C=C\C/C=C\CCCCCCC(=O)OC(COC(=O)CCCCCCCCCCCCCCCCCCC/C=C\CCCCCCCCCC)COC(OCC[N+](C)(C)C)C(=O)O. The first kappa shape index (κ1) is 68.0. The number of carboxylic acids is 1. The van der Waals surface area contributed by atoms with Gasteiger partial charge in [-0.25, -0.2) is 4.79 Å². The largest absolute Gasteiger partial charge is 0.477 e. The molecule has 0 spiro atoms. The highest BCUT2D eigenvalue weighted by Gasteiger charge is 2.25. The van der Waals surface area contributed by atoms with E-state index in [-0.39, 0.29) is 32.2 Å². The lowest BCUT2D eigenvalue weighted by Gasteiger charge is -2.25. The van der Waals surface area contributed by atoms with Crippen molar-refractivity contribution in [3.05, 3.63) is 60.8 Å². The number of likely N-dealkylation sites (N-methyl/N-ethyl adjacent to an activating group) is 1. The molecule has 0 heterocycles. The average molecular weight is 1000 g/mol. The van der Waals surface area contributed by atoms with Crippen LogP contribution in [-0.4, -0.2) is 87.4 Å². The van der Waals surface area contributed by atoms with E-state index in [0.29, 0.717) is 23.9 Å². The van der Waals surface area contributed by atoms with Gasteiger partial charge in [0.1, 0.15) is 13.2 Å². The Morgan fingerprint density at radius 1 is 0.437 bits per heavy atom. The Labute approximate surface area is 437 Å². The highest BCUT2D eigenvalue weighted by molar-refractivity contribution is 5.71. The van der Waals surface area contributed by atoms with Crippen LogP contribution in [0.25, 0.3) is 0 Å². The van der Waals surface area contributed by atoms with Crippen LogP contribution < -0.4 is 0 Å². The van der Waals surface area contributed by atoms with Crippen LogP contribution in [0.2, 0.25) is 0 Å². The number of aliphatic carboxylic acids is 1. The molecule has 9 heteroatoms. The molecule has 0 rings (SSSR count). The molecule has 0 aliphatic heterocycles. The Balaban J connectivity index is 4.17. The Bertz CT molecular complexity index is 1350. The van der Waals surface area contributed by atoms with E-state index < -0.39 is 24.3 Å². The van der Waals surface area contributed by atoms with Crippen molar-refractivity contribution < 1.29 is 42.9 Å². The molecule has 2 atom stereocenters. The topological polar surface area (TPSA) is 108 Å². The molecule has 0 saturated heterocycles. The molecule has 0 radical (unpaired) electrons. The number of quaternary nitrogens is 1. The van der Waals surface area contributed by atoms with Crippen LogP contribution in [0, 0.1) is 0 Å². The van der Waals surface area contributed by atoms with E-state index in [2.05, 4.69) is 74.6 Å². The lowest BCUT2D eigenvalue weighted by Crippen LogP contribution is -2.40. The van der Waals surface area contributed by atoms with Crippen LogP contribution in [0.3, 0.4) is 0 Å². The summed E-state index contributed by atoms with van der Waals surface area (Å²) < 4.78 is 22.8. The van der Waals surface area contributed by atoms with E-state index in [1.54, 1.807) is 0 Å². The van der Waals surface area contributed by atoms with E-state index >= 15 is 0 Å². The van der Waals surface area contributed by atoms with E-state index in [0.717, 1.165) is 70.6 Å². The number of allylic oxidation sites excluding steroid dienone is 10. The number of ether oxygens (including phenoxy) is 4. The Hall–Kier alpha value is -3.01. The first-order valence-electron chi connectivity index (χ1n) is 29.5. The molecule has 0 saturated carbocycles. The number of hydrogen-bond donors (Lipinski definition) is 1. The molecule has 0 aromatic rings. The molecule has 0 aromatic carbocycles. The van der Waals surface area contributed by atoms with Gasteiger partial charge < -0.3 is 28.5 Å². The van der Waals surface area contributed by atoms with E-state index in [1.165, 1.54) is 154 Å². The normalized spacial score (nSPS) is 13.2. The van der Waals surface area contributed by atoms with Gasteiger partial charge in [0.15, 0.2) is 6.10 Å². The van der Waals surface area contributed by atoms with Gasteiger partial charge in [-0.15, -0.1) is 0 Å². The standard InChI is InChI=1S/C62H111NO8/c1-6-8-10-12-14-16-18-20-22-24-25-26-27-28-29-30-31-32-33-34-35-37-38-40-42-44-46-48-50-52-59(64)69-56-58(57-70-62(61(66)67)68-55-54-63(3,4)5)71-60(65)53-51-49-47-45-43-41-39-36-23-21-19-17-15-13-11-9-7-2/h9,11,15,17,21,23-25,39,41,58,62H,6-8,10,12-14,16,18-20,22,26-38,40,42-57H2,1-5H3/p+1/b11-9-,17-15-,23-21-,25-24-,41-39-. The third-order valence-corrected chi connectivity index (χ3v) is 12.8. The zero-order chi connectivity index (χ0) is 52.0. The fraction of sp³-hybridized carbons (Fsp3) is 0.790. The maximum atomic E-state index is 12.8. The Morgan fingerprint density at radius 2 is 0.803 bits per heavy atom. The average Bonchev–Trinajstić information content (AvgIpc) is 3.34. The minimum Gasteiger partial charge on any atom is -0.477 e. The van der Waals surface area contributed by atoms with Crippen LogP contribution in [-0.2, 0) is 33.3 Å². The van der Waals surface area contributed by atoms with Crippen LogP contribution >= 0.6 is 0 Å². The number of carbonyl (C=O) groups excluding carboxylic acids is 2. The van der Waals surface area contributed by atoms with Crippen molar-refractivity contribution in [2.45, 2.75) is 270 Å². The molecule has 1 N–H and O–H groups in total. The lowest BCUT2D eigenvalue weighted by molar-refractivity contribution is -0.870. The molecule has 0 amide bonds. The smallest absolute Gasteiger partial charge is 0.361 e. The molecule has 2 unspecified atom stereocenters. The van der Waals surface area contributed by atoms with Gasteiger partial charge in [0.25, 0.3) is 6.29 Å². The van der Waals surface area contributed by atoms with Crippen LogP contribution in [0.15, 0.2) is 60.8 Å². The summed E-state index contributed by atoms with van der Waals surface area (Å²) in [5.41, 5.74) is 0. The molecular weight excluding hydrogens is 887 g/mol.